The summed E-state index contributed by atoms with van der Waals surface area (Å²) in [5.74, 6) is -1.19. The van der Waals surface area contributed by atoms with E-state index in [0.717, 1.165) is 13.1 Å². The molecule has 2 amide bonds. The summed E-state index contributed by atoms with van der Waals surface area (Å²) in [4.78, 5) is 41.1. The number of benzene rings is 2. The topological polar surface area (TPSA) is 122 Å². The van der Waals surface area contributed by atoms with Gasteiger partial charge in [0.2, 0.25) is 0 Å². The Morgan fingerprint density at radius 1 is 1.08 bits per heavy atom. The number of methoxy groups -OCH3 is 1. The molecule has 0 aliphatic carbocycles. The summed E-state index contributed by atoms with van der Waals surface area (Å²) in [7, 11) is 1.55. The van der Waals surface area contributed by atoms with Crippen molar-refractivity contribution in [2.45, 2.75) is 26.8 Å². The van der Waals surface area contributed by atoms with Crippen molar-refractivity contribution in [1.82, 2.24) is 9.80 Å². The molecule has 192 valence electrons. The molecule has 0 spiro atoms. The first-order valence-electron chi connectivity index (χ1n) is 11.9. The first-order chi connectivity index (χ1) is 17.2. The Labute approximate surface area is 211 Å². The molecule has 2 aromatic carbocycles. The molecule has 0 radical (unpaired) electrons. The highest BCUT2D eigenvalue weighted by Gasteiger charge is 2.46. The van der Waals surface area contributed by atoms with Gasteiger partial charge >= 0.3 is 0 Å². The Kier molecular flexibility index (Phi) is 8.71. The maximum atomic E-state index is 13.3. The number of amides is 2. The smallest absolute Gasteiger partial charge is 0.295 e. The van der Waals surface area contributed by atoms with Gasteiger partial charge in [0.05, 0.1) is 18.7 Å². The fourth-order valence-electron chi connectivity index (χ4n) is 4.32. The second-order valence-corrected chi connectivity index (χ2v) is 8.52. The highest BCUT2D eigenvalue weighted by atomic mass is 16.5. The molecule has 1 saturated heterocycles. The van der Waals surface area contributed by atoms with Crippen LogP contribution in [0.4, 0.5) is 0 Å². The summed E-state index contributed by atoms with van der Waals surface area (Å²) in [5.41, 5.74) is 6.96. The minimum atomic E-state index is -0.785. The number of ether oxygens (including phenoxy) is 2. The average Bonchev–Trinajstić information content (AvgIpc) is 3.12. The third-order valence-electron chi connectivity index (χ3n) is 6.36. The SMILES string of the molecule is CCN(CC)CCN1C(=O)C(=O)C(=C(O)c2ccc(OC)cc2C)C1c1ccc(OCC(N)=O)cc1. The van der Waals surface area contributed by atoms with Gasteiger partial charge in [-0.25, -0.2) is 0 Å². The van der Waals surface area contributed by atoms with Crippen LogP contribution in [0, 0.1) is 6.92 Å². The zero-order valence-electron chi connectivity index (χ0n) is 21.1. The van der Waals surface area contributed by atoms with Crippen LogP contribution in [0.15, 0.2) is 48.0 Å². The summed E-state index contributed by atoms with van der Waals surface area (Å²) in [6.07, 6.45) is 0. The van der Waals surface area contributed by atoms with E-state index in [2.05, 4.69) is 4.90 Å². The number of aliphatic hydroxyl groups is 1. The predicted molar refractivity (Wildman–Crippen MR) is 136 cm³/mol. The quantitative estimate of drug-likeness (QED) is 0.279. The third kappa shape index (κ3) is 5.68. The van der Waals surface area contributed by atoms with Gasteiger partial charge in [0.15, 0.2) is 6.61 Å². The Balaban J connectivity index is 2.08. The van der Waals surface area contributed by atoms with Crippen LogP contribution in [0.1, 0.15) is 36.6 Å². The summed E-state index contributed by atoms with van der Waals surface area (Å²) in [6, 6.07) is 11.0. The summed E-state index contributed by atoms with van der Waals surface area (Å²) < 4.78 is 10.6. The van der Waals surface area contributed by atoms with Gasteiger partial charge in [0.1, 0.15) is 17.3 Å². The first-order valence-corrected chi connectivity index (χ1v) is 11.9. The van der Waals surface area contributed by atoms with Crippen molar-refractivity contribution in [3.63, 3.8) is 0 Å². The van der Waals surface area contributed by atoms with Crippen LogP contribution in [0.3, 0.4) is 0 Å². The van der Waals surface area contributed by atoms with Gasteiger partial charge in [-0.3, -0.25) is 14.4 Å². The number of aryl methyl sites for hydroxylation is 1. The number of aliphatic hydroxyl groups excluding tert-OH is 1. The van der Waals surface area contributed by atoms with Crippen molar-refractivity contribution in [2.75, 3.05) is 39.9 Å². The molecule has 9 heteroatoms. The fraction of sp³-hybridized carbons (Fsp3) is 0.370. The van der Waals surface area contributed by atoms with Crippen molar-refractivity contribution in [2.24, 2.45) is 5.73 Å². The normalized spacial score (nSPS) is 17.0. The van der Waals surface area contributed by atoms with Crippen LogP contribution in [0.25, 0.3) is 5.76 Å². The maximum absolute atomic E-state index is 13.3. The monoisotopic (exact) mass is 495 g/mol. The van der Waals surface area contributed by atoms with Crippen molar-refractivity contribution < 1.29 is 29.0 Å². The van der Waals surface area contributed by atoms with Crippen LogP contribution in [0.2, 0.25) is 0 Å². The zero-order chi connectivity index (χ0) is 26.4. The van der Waals surface area contributed by atoms with Gasteiger partial charge < -0.3 is 30.1 Å². The highest BCUT2D eigenvalue weighted by molar-refractivity contribution is 6.46. The maximum Gasteiger partial charge on any atom is 0.295 e. The third-order valence-corrected chi connectivity index (χ3v) is 6.36. The molecule has 1 aliphatic heterocycles. The molecule has 1 atom stereocenters. The number of carbonyl (C=O) groups excluding carboxylic acids is 3. The number of hydrogen-bond donors (Lipinski definition) is 2. The Bertz CT molecular complexity index is 1150. The molecule has 1 aliphatic rings. The first kappa shape index (κ1) is 26.7. The molecular formula is C27H33N3O6. The fourth-order valence-corrected chi connectivity index (χ4v) is 4.32. The zero-order valence-corrected chi connectivity index (χ0v) is 21.1. The number of likely N-dealkylation sites (tertiary alicyclic amines) is 1. The lowest BCUT2D eigenvalue weighted by molar-refractivity contribution is -0.140. The average molecular weight is 496 g/mol. The Morgan fingerprint density at radius 2 is 1.72 bits per heavy atom. The van der Waals surface area contributed by atoms with Crippen molar-refractivity contribution in [3.05, 3.63) is 64.7 Å². The molecule has 2 aromatic rings. The van der Waals surface area contributed by atoms with E-state index in [0.29, 0.717) is 41.3 Å². The number of ketones is 1. The van der Waals surface area contributed by atoms with Gasteiger partial charge in [-0.2, -0.15) is 0 Å². The van der Waals surface area contributed by atoms with Crippen molar-refractivity contribution in [1.29, 1.82) is 0 Å². The van der Waals surface area contributed by atoms with E-state index >= 15 is 0 Å². The Morgan fingerprint density at radius 3 is 2.28 bits per heavy atom. The van der Waals surface area contributed by atoms with Crippen LogP contribution >= 0.6 is 0 Å². The highest BCUT2D eigenvalue weighted by Crippen LogP contribution is 2.40. The lowest BCUT2D eigenvalue weighted by Crippen LogP contribution is -2.38. The number of Topliss-reactive ketones (excluding diaryl/α,β-unsaturated/α-hetero) is 1. The molecule has 1 heterocycles. The summed E-state index contributed by atoms with van der Waals surface area (Å²) >= 11 is 0. The number of primary amides is 1. The van der Waals surface area contributed by atoms with Crippen molar-refractivity contribution in [3.8, 4) is 11.5 Å². The predicted octanol–water partition coefficient (Wildman–Crippen LogP) is 2.63. The van der Waals surface area contributed by atoms with Gasteiger partial charge in [0, 0.05) is 18.7 Å². The molecule has 9 nitrogen and oxygen atoms in total. The number of rotatable bonds is 11. The molecule has 0 bridgehead atoms. The van der Waals surface area contributed by atoms with E-state index in [1.165, 1.54) is 4.90 Å². The standard InChI is InChI=1S/C27H33N3O6/c1-5-29(6-2)13-14-30-24(18-7-9-19(10-8-18)36-16-22(28)31)23(26(33)27(30)34)25(32)21-12-11-20(35-4)15-17(21)3/h7-12,15,24,32H,5-6,13-14,16H2,1-4H3,(H2,28,31). The number of carbonyl (C=O) groups is 3. The van der Waals surface area contributed by atoms with E-state index in [9.17, 15) is 19.5 Å². The molecular weight excluding hydrogens is 462 g/mol. The van der Waals surface area contributed by atoms with Gasteiger partial charge in [0.25, 0.3) is 17.6 Å². The van der Waals surface area contributed by atoms with Gasteiger partial charge in [-0.1, -0.05) is 26.0 Å². The van der Waals surface area contributed by atoms with Crippen LogP contribution in [0.5, 0.6) is 11.5 Å². The minimum absolute atomic E-state index is 0.0265. The summed E-state index contributed by atoms with van der Waals surface area (Å²) in [6.45, 7) is 8.11. The van der Waals surface area contributed by atoms with E-state index in [1.54, 1.807) is 56.5 Å². The summed E-state index contributed by atoms with van der Waals surface area (Å²) in [5, 5.41) is 11.3. The van der Waals surface area contributed by atoms with Gasteiger partial charge in [-0.15, -0.1) is 0 Å². The second-order valence-electron chi connectivity index (χ2n) is 8.52. The van der Waals surface area contributed by atoms with E-state index in [1.807, 2.05) is 13.8 Å². The number of nitrogens with two attached hydrogens (primary N) is 1. The number of nitrogens with zero attached hydrogens (tertiary/aromatic N) is 2. The lowest BCUT2D eigenvalue weighted by Gasteiger charge is -2.28. The Hall–Kier alpha value is -3.85. The molecule has 3 rings (SSSR count). The molecule has 0 saturated carbocycles. The van der Waals surface area contributed by atoms with E-state index in [4.69, 9.17) is 15.2 Å². The molecule has 36 heavy (non-hydrogen) atoms. The number of hydrogen-bond acceptors (Lipinski definition) is 7. The number of likely N-dealkylation sites (N-methyl/N-ethyl adjacent to an activating group) is 1. The molecule has 3 N–H and O–H groups in total. The van der Waals surface area contributed by atoms with E-state index in [-0.39, 0.29) is 17.9 Å². The van der Waals surface area contributed by atoms with Crippen LogP contribution in [-0.2, 0) is 14.4 Å². The molecule has 0 aromatic heterocycles. The van der Waals surface area contributed by atoms with E-state index < -0.39 is 23.6 Å². The minimum Gasteiger partial charge on any atom is -0.507 e. The molecule has 1 unspecified atom stereocenters. The van der Waals surface area contributed by atoms with Crippen LogP contribution < -0.4 is 15.2 Å². The van der Waals surface area contributed by atoms with Crippen LogP contribution in [-0.4, -0.2) is 72.4 Å². The lowest BCUT2D eigenvalue weighted by atomic mass is 9.94. The van der Waals surface area contributed by atoms with Crippen molar-refractivity contribution >= 4 is 23.4 Å². The second kappa shape index (κ2) is 11.7. The molecule has 1 fully saturated rings. The van der Waals surface area contributed by atoms with Gasteiger partial charge in [-0.05, 0) is 61.5 Å². The largest absolute Gasteiger partial charge is 0.507 e.